The van der Waals surface area contributed by atoms with Crippen LogP contribution in [0.1, 0.15) is 16.1 Å². The summed E-state index contributed by atoms with van der Waals surface area (Å²) in [4.78, 5) is 12.5. The van der Waals surface area contributed by atoms with Gasteiger partial charge in [0.25, 0.3) is 5.91 Å². The highest BCUT2D eigenvalue weighted by Crippen LogP contribution is 2.25. The Morgan fingerprint density at radius 3 is 2.38 bits per heavy atom. The number of hydrogen-bond acceptors (Lipinski definition) is 5. The molecule has 0 aliphatic carbocycles. The first-order valence-electron chi connectivity index (χ1n) is 9.12. The molecular formula is C23H20N2O4. The molecule has 146 valence electrons. The van der Waals surface area contributed by atoms with E-state index in [-0.39, 0.29) is 11.6 Å². The molecule has 0 radical (unpaired) electrons. The number of fused-ring (bicyclic) bond motifs is 1. The van der Waals surface area contributed by atoms with Gasteiger partial charge in [-0.3, -0.25) is 4.79 Å². The Morgan fingerprint density at radius 2 is 1.66 bits per heavy atom. The first-order valence-corrected chi connectivity index (χ1v) is 9.12. The molecule has 0 saturated carbocycles. The third-order valence-electron chi connectivity index (χ3n) is 4.64. The van der Waals surface area contributed by atoms with Gasteiger partial charge >= 0.3 is 0 Å². The monoisotopic (exact) mass is 388 g/mol. The van der Waals surface area contributed by atoms with Gasteiger partial charge in [0, 0.05) is 24.2 Å². The lowest BCUT2D eigenvalue weighted by molar-refractivity contribution is 0.0942. The Kier molecular flexibility index (Phi) is 5.16. The van der Waals surface area contributed by atoms with Crippen LogP contribution in [0.4, 0.5) is 0 Å². The Hall–Kier alpha value is -3.80. The first-order chi connectivity index (χ1) is 14.2. The third-order valence-corrected chi connectivity index (χ3v) is 4.64. The first kappa shape index (κ1) is 18.6. The van der Waals surface area contributed by atoms with Crippen molar-refractivity contribution in [3.63, 3.8) is 0 Å². The molecule has 0 saturated heterocycles. The van der Waals surface area contributed by atoms with E-state index in [9.17, 15) is 4.79 Å². The topological polar surface area (TPSA) is 73.6 Å². The maximum absolute atomic E-state index is 12.5. The van der Waals surface area contributed by atoms with Crippen LogP contribution in [0.25, 0.3) is 22.1 Å². The second kappa shape index (κ2) is 8.06. The number of nitrogens with zero attached hydrogens (tertiary/aromatic N) is 1. The van der Waals surface area contributed by atoms with Crippen LogP contribution in [-0.2, 0) is 6.54 Å². The van der Waals surface area contributed by atoms with Crippen molar-refractivity contribution in [1.29, 1.82) is 0 Å². The normalized spacial score (nSPS) is 10.7. The molecule has 1 aromatic heterocycles. The fourth-order valence-corrected chi connectivity index (χ4v) is 3.10. The minimum Gasteiger partial charge on any atom is -0.497 e. The van der Waals surface area contributed by atoms with Crippen molar-refractivity contribution in [3.8, 4) is 22.8 Å². The van der Waals surface area contributed by atoms with Crippen LogP contribution in [0.15, 0.2) is 71.3 Å². The summed E-state index contributed by atoms with van der Waals surface area (Å²) in [5, 5.41) is 8.99. The Morgan fingerprint density at radius 1 is 0.931 bits per heavy atom. The zero-order valence-electron chi connectivity index (χ0n) is 16.1. The molecule has 0 spiro atoms. The van der Waals surface area contributed by atoms with E-state index < -0.39 is 0 Å². The van der Waals surface area contributed by atoms with E-state index in [0.29, 0.717) is 23.8 Å². The number of ether oxygens (including phenoxy) is 2. The maximum Gasteiger partial charge on any atom is 0.273 e. The van der Waals surface area contributed by atoms with E-state index in [2.05, 4.69) is 10.5 Å². The number of carbonyl (C=O) groups is 1. The number of benzene rings is 3. The summed E-state index contributed by atoms with van der Waals surface area (Å²) >= 11 is 0. The molecule has 6 nitrogen and oxygen atoms in total. The fraction of sp³-hybridized carbons (Fsp3) is 0.130. The SMILES string of the molecule is COc1cc(CNC(=O)c2cc(-c3ccc4ccccc4c3)on2)cc(OC)c1. The molecule has 0 bridgehead atoms. The van der Waals surface area contributed by atoms with Gasteiger partial charge in [-0.15, -0.1) is 0 Å². The minimum absolute atomic E-state index is 0.225. The van der Waals surface area contributed by atoms with Gasteiger partial charge in [0.1, 0.15) is 11.5 Å². The number of rotatable bonds is 6. The summed E-state index contributed by atoms with van der Waals surface area (Å²) in [6, 6.07) is 21.1. The van der Waals surface area contributed by atoms with Crippen molar-refractivity contribution in [2.24, 2.45) is 0 Å². The largest absolute Gasteiger partial charge is 0.497 e. The van der Waals surface area contributed by atoms with Crippen LogP contribution in [0.5, 0.6) is 11.5 Å². The fourth-order valence-electron chi connectivity index (χ4n) is 3.10. The van der Waals surface area contributed by atoms with Crippen molar-refractivity contribution in [2.45, 2.75) is 6.54 Å². The zero-order chi connectivity index (χ0) is 20.2. The van der Waals surface area contributed by atoms with E-state index in [0.717, 1.165) is 21.9 Å². The molecule has 3 aromatic carbocycles. The molecule has 0 atom stereocenters. The van der Waals surface area contributed by atoms with E-state index in [1.54, 1.807) is 26.4 Å². The van der Waals surface area contributed by atoms with Crippen LogP contribution in [0, 0.1) is 0 Å². The quantitative estimate of drug-likeness (QED) is 0.529. The number of methoxy groups -OCH3 is 2. The molecule has 29 heavy (non-hydrogen) atoms. The summed E-state index contributed by atoms with van der Waals surface area (Å²) in [6.45, 7) is 0.310. The molecule has 1 amide bonds. The highest BCUT2D eigenvalue weighted by atomic mass is 16.5. The molecular weight excluding hydrogens is 368 g/mol. The predicted molar refractivity (Wildman–Crippen MR) is 110 cm³/mol. The number of aromatic nitrogens is 1. The number of nitrogens with one attached hydrogen (secondary N) is 1. The van der Waals surface area contributed by atoms with Gasteiger partial charge in [-0.25, -0.2) is 0 Å². The average Bonchev–Trinajstić information content (AvgIpc) is 3.27. The summed E-state index contributed by atoms with van der Waals surface area (Å²) < 4.78 is 15.9. The Labute approximate surface area is 168 Å². The van der Waals surface area contributed by atoms with Crippen molar-refractivity contribution in [2.75, 3.05) is 14.2 Å². The number of carbonyl (C=O) groups excluding carboxylic acids is 1. The van der Waals surface area contributed by atoms with Gasteiger partial charge in [-0.1, -0.05) is 41.6 Å². The van der Waals surface area contributed by atoms with E-state index in [1.165, 1.54) is 0 Å². The van der Waals surface area contributed by atoms with Crippen LogP contribution >= 0.6 is 0 Å². The Bertz CT molecular complexity index is 1140. The highest BCUT2D eigenvalue weighted by molar-refractivity contribution is 5.93. The van der Waals surface area contributed by atoms with Gasteiger partial charge in [-0.05, 0) is 34.5 Å². The molecule has 6 heteroatoms. The van der Waals surface area contributed by atoms with Crippen LogP contribution in [0.2, 0.25) is 0 Å². The lowest BCUT2D eigenvalue weighted by Crippen LogP contribution is -2.23. The van der Waals surface area contributed by atoms with Crippen molar-refractivity contribution >= 4 is 16.7 Å². The highest BCUT2D eigenvalue weighted by Gasteiger charge is 2.14. The van der Waals surface area contributed by atoms with Crippen LogP contribution in [-0.4, -0.2) is 25.3 Å². The van der Waals surface area contributed by atoms with Crippen LogP contribution in [0.3, 0.4) is 0 Å². The molecule has 0 unspecified atom stereocenters. The molecule has 0 aliphatic heterocycles. The predicted octanol–water partition coefficient (Wildman–Crippen LogP) is 4.44. The minimum atomic E-state index is -0.317. The average molecular weight is 388 g/mol. The standard InChI is InChI=1S/C23H20N2O4/c1-27-19-9-15(10-20(12-19)28-2)14-24-23(26)21-13-22(29-25-21)18-8-7-16-5-3-4-6-17(16)11-18/h3-13H,14H2,1-2H3,(H,24,26). The smallest absolute Gasteiger partial charge is 0.273 e. The Balaban J connectivity index is 1.48. The number of hydrogen-bond donors (Lipinski definition) is 1. The maximum atomic E-state index is 12.5. The van der Waals surface area contributed by atoms with Gasteiger partial charge in [0.15, 0.2) is 11.5 Å². The van der Waals surface area contributed by atoms with Gasteiger partial charge in [-0.2, -0.15) is 0 Å². The summed E-state index contributed by atoms with van der Waals surface area (Å²) in [7, 11) is 3.17. The van der Waals surface area contributed by atoms with Crippen molar-refractivity contribution in [1.82, 2.24) is 10.5 Å². The lowest BCUT2D eigenvalue weighted by atomic mass is 10.1. The summed E-state index contributed by atoms with van der Waals surface area (Å²) in [5.41, 5.74) is 1.95. The third kappa shape index (κ3) is 4.06. The molecule has 1 N–H and O–H groups in total. The zero-order valence-corrected chi connectivity index (χ0v) is 16.1. The molecule has 0 fully saturated rings. The number of amides is 1. The summed E-state index contributed by atoms with van der Waals surface area (Å²) in [6.07, 6.45) is 0. The van der Waals surface area contributed by atoms with E-state index in [1.807, 2.05) is 54.6 Å². The molecule has 1 heterocycles. The summed E-state index contributed by atoms with van der Waals surface area (Å²) in [5.74, 6) is 1.55. The van der Waals surface area contributed by atoms with E-state index >= 15 is 0 Å². The van der Waals surface area contributed by atoms with Crippen molar-refractivity contribution in [3.05, 3.63) is 78.0 Å². The van der Waals surface area contributed by atoms with Gasteiger partial charge in [0.05, 0.1) is 14.2 Å². The van der Waals surface area contributed by atoms with Gasteiger partial charge < -0.3 is 19.3 Å². The second-order valence-corrected chi connectivity index (χ2v) is 6.54. The molecule has 4 rings (SSSR count). The van der Waals surface area contributed by atoms with Gasteiger partial charge in [0.2, 0.25) is 0 Å². The molecule has 4 aromatic rings. The lowest BCUT2D eigenvalue weighted by Gasteiger charge is -2.09. The van der Waals surface area contributed by atoms with E-state index in [4.69, 9.17) is 14.0 Å². The second-order valence-electron chi connectivity index (χ2n) is 6.54. The van der Waals surface area contributed by atoms with Crippen LogP contribution < -0.4 is 14.8 Å². The molecule has 0 aliphatic rings. The van der Waals surface area contributed by atoms with Crippen molar-refractivity contribution < 1.29 is 18.8 Å².